The van der Waals surface area contributed by atoms with E-state index in [1.807, 2.05) is 0 Å². The van der Waals surface area contributed by atoms with Gasteiger partial charge in [-0.2, -0.15) is 17.6 Å². The SMILES string of the molecule is Nc1cc2cnn(S(=O)(=O)c3ccccc3)c2cc1Br. The first-order chi connectivity index (χ1) is 9.50. The van der Waals surface area contributed by atoms with E-state index >= 15 is 0 Å². The Morgan fingerprint density at radius 1 is 1.15 bits per heavy atom. The lowest BCUT2D eigenvalue weighted by Gasteiger charge is -2.06. The minimum atomic E-state index is -3.71. The van der Waals surface area contributed by atoms with Crippen molar-refractivity contribution in [2.45, 2.75) is 4.90 Å². The molecule has 0 amide bonds. The Balaban J connectivity index is 2.28. The average molecular weight is 352 g/mol. The normalized spacial score (nSPS) is 11.8. The van der Waals surface area contributed by atoms with Gasteiger partial charge in [0.05, 0.1) is 16.6 Å². The maximum atomic E-state index is 12.6. The highest BCUT2D eigenvalue weighted by molar-refractivity contribution is 9.10. The first-order valence-corrected chi connectivity index (χ1v) is 7.97. The van der Waals surface area contributed by atoms with Gasteiger partial charge in [-0.1, -0.05) is 18.2 Å². The van der Waals surface area contributed by atoms with Crippen molar-refractivity contribution >= 4 is 42.5 Å². The molecule has 0 bridgehead atoms. The number of fused-ring (bicyclic) bond motifs is 1. The maximum Gasteiger partial charge on any atom is 0.283 e. The summed E-state index contributed by atoms with van der Waals surface area (Å²) in [4.78, 5) is 0.193. The summed E-state index contributed by atoms with van der Waals surface area (Å²) < 4.78 is 26.8. The van der Waals surface area contributed by atoms with E-state index in [1.165, 1.54) is 18.3 Å². The van der Waals surface area contributed by atoms with Crippen molar-refractivity contribution in [2.24, 2.45) is 0 Å². The van der Waals surface area contributed by atoms with Crippen LogP contribution in [0.15, 0.2) is 58.0 Å². The van der Waals surface area contributed by atoms with Crippen molar-refractivity contribution < 1.29 is 8.42 Å². The van der Waals surface area contributed by atoms with Gasteiger partial charge in [0.1, 0.15) is 0 Å². The van der Waals surface area contributed by atoms with Crippen LogP contribution in [0.1, 0.15) is 0 Å². The third kappa shape index (κ3) is 1.99. The maximum absolute atomic E-state index is 12.6. The Labute approximate surface area is 124 Å². The molecule has 3 rings (SSSR count). The van der Waals surface area contributed by atoms with Crippen LogP contribution in [0.5, 0.6) is 0 Å². The van der Waals surface area contributed by atoms with E-state index < -0.39 is 10.0 Å². The number of benzene rings is 2. The van der Waals surface area contributed by atoms with Gasteiger partial charge in [-0.3, -0.25) is 0 Å². The van der Waals surface area contributed by atoms with Crippen molar-refractivity contribution in [3.63, 3.8) is 0 Å². The number of hydrogen-bond donors (Lipinski definition) is 1. The van der Waals surface area contributed by atoms with Gasteiger partial charge in [0, 0.05) is 15.5 Å². The standard InChI is InChI=1S/C13H10BrN3O2S/c14-11-7-13-9(6-12(11)15)8-16-17(13)20(18,19)10-4-2-1-3-5-10/h1-8H,15H2. The largest absolute Gasteiger partial charge is 0.398 e. The highest BCUT2D eigenvalue weighted by atomic mass is 79.9. The van der Waals surface area contributed by atoms with Crippen molar-refractivity contribution in [2.75, 3.05) is 5.73 Å². The number of hydrogen-bond acceptors (Lipinski definition) is 4. The van der Waals surface area contributed by atoms with Gasteiger partial charge in [0.25, 0.3) is 10.0 Å². The molecule has 0 fully saturated rings. The first kappa shape index (κ1) is 13.1. The van der Waals surface area contributed by atoms with Gasteiger partial charge in [0.15, 0.2) is 0 Å². The smallest absolute Gasteiger partial charge is 0.283 e. The van der Waals surface area contributed by atoms with E-state index in [0.717, 1.165) is 4.09 Å². The Hall–Kier alpha value is -1.86. The third-order valence-electron chi connectivity index (χ3n) is 2.92. The Morgan fingerprint density at radius 2 is 1.85 bits per heavy atom. The molecule has 0 atom stereocenters. The van der Waals surface area contributed by atoms with Crippen LogP contribution < -0.4 is 5.73 Å². The number of halogens is 1. The second kappa shape index (κ2) is 4.60. The molecule has 0 aliphatic carbocycles. The molecule has 0 spiro atoms. The summed E-state index contributed by atoms with van der Waals surface area (Å²) >= 11 is 3.30. The van der Waals surface area contributed by atoms with Crippen LogP contribution in [-0.4, -0.2) is 17.6 Å². The monoisotopic (exact) mass is 351 g/mol. The van der Waals surface area contributed by atoms with Gasteiger partial charge in [-0.15, -0.1) is 0 Å². The summed E-state index contributed by atoms with van der Waals surface area (Å²) in [5, 5.41) is 4.65. The molecule has 102 valence electrons. The number of aromatic nitrogens is 2. The molecule has 3 aromatic rings. The number of nitrogens with zero attached hydrogens (tertiary/aromatic N) is 2. The van der Waals surface area contributed by atoms with Crippen LogP contribution in [0.3, 0.4) is 0 Å². The van der Waals surface area contributed by atoms with Crippen molar-refractivity contribution in [3.8, 4) is 0 Å². The quantitative estimate of drug-likeness (QED) is 0.719. The zero-order valence-electron chi connectivity index (χ0n) is 10.2. The molecule has 7 heteroatoms. The van der Waals surface area contributed by atoms with Gasteiger partial charge >= 0.3 is 0 Å². The fraction of sp³-hybridized carbons (Fsp3) is 0. The van der Waals surface area contributed by atoms with Crippen LogP contribution in [0.4, 0.5) is 5.69 Å². The molecule has 0 radical (unpaired) electrons. The molecule has 0 unspecified atom stereocenters. The molecule has 2 N–H and O–H groups in total. The minimum Gasteiger partial charge on any atom is -0.398 e. The second-order valence-corrected chi connectivity index (χ2v) is 6.86. The molecule has 5 nitrogen and oxygen atoms in total. The number of nitrogens with two attached hydrogens (primary N) is 1. The lowest BCUT2D eigenvalue weighted by atomic mass is 10.2. The highest BCUT2D eigenvalue weighted by Crippen LogP contribution is 2.28. The summed E-state index contributed by atoms with van der Waals surface area (Å²) in [5.74, 6) is 0. The van der Waals surface area contributed by atoms with Crippen LogP contribution in [0.2, 0.25) is 0 Å². The molecular formula is C13H10BrN3O2S. The van der Waals surface area contributed by atoms with E-state index in [4.69, 9.17) is 5.73 Å². The topological polar surface area (TPSA) is 78.0 Å². The molecule has 0 aliphatic rings. The van der Waals surface area contributed by atoms with Crippen LogP contribution >= 0.6 is 15.9 Å². The average Bonchev–Trinajstić information content (AvgIpc) is 2.84. The Bertz CT molecular complexity index is 889. The molecule has 0 aliphatic heterocycles. The highest BCUT2D eigenvalue weighted by Gasteiger charge is 2.20. The summed E-state index contributed by atoms with van der Waals surface area (Å²) in [6.45, 7) is 0. The molecule has 1 aromatic heterocycles. The number of anilines is 1. The van der Waals surface area contributed by atoms with E-state index in [1.54, 1.807) is 30.3 Å². The van der Waals surface area contributed by atoms with Crippen LogP contribution in [0.25, 0.3) is 10.9 Å². The predicted octanol–water partition coefficient (Wildman–Crippen LogP) is 2.62. The summed E-state index contributed by atoms with van der Waals surface area (Å²) in [7, 11) is -3.71. The zero-order valence-corrected chi connectivity index (χ0v) is 12.6. The lowest BCUT2D eigenvalue weighted by Crippen LogP contribution is -2.14. The van der Waals surface area contributed by atoms with E-state index in [9.17, 15) is 8.42 Å². The lowest BCUT2D eigenvalue weighted by molar-refractivity contribution is 0.582. The molecule has 0 saturated heterocycles. The number of rotatable bonds is 2. The first-order valence-electron chi connectivity index (χ1n) is 5.73. The fourth-order valence-corrected chi connectivity index (χ4v) is 3.55. The van der Waals surface area contributed by atoms with Crippen molar-refractivity contribution in [3.05, 3.63) is 53.1 Å². The third-order valence-corrected chi connectivity index (χ3v) is 5.22. The Morgan fingerprint density at radius 3 is 2.55 bits per heavy atom. The van der Waals surface area contributed by atoms with Crippen LogP contribution in [0, 0.1) is 0 Å². The molecular weight excluding hydrogens is 342 g/mol. The van der Waals surface area contributed by atoms with Gasteiger partial charge in [-0.25, -0.2) is 0 Å². The minimum absolute atomic E-state index is 0.193. The van der Waals surface area contributed by atoms with Crippen molar-refractivity contribution in [1.82, 2.24) is 9.19 Å². The van der Waals surface area contributed by atoms with E-state index in [2.05, 4.69) is 21.0 Å². The zero-order chi connectivity index (χ0) is 14.3. The second-order valence-electron chi connectivity index (χ2n) is 4.24. The summed E-state index contributed by atoms with van der Waals surface area (Å²) in [6.07, 6.45) is 1.48. The van der Waals surface area contributed by atoms with Crippen molar-refractivity contribution in [1.29, 1.82) is 0 Å². The number of nitrogen functional groups attached to an aromatic ring is 1. The van der Waals surface area contributed by atoms with Gasteiger partial charge in [0.2, 0.25) is 0 Å². The molecule has 2 aromatic carbocycles. The molecule has 20 heavy (non-hydrogen) atoms. The Kier molecular flexibility index (Phi) is 3.02. The fourth-order valence-electron chi connectivity index (χ4n) is 1.93. The van der Waals surface area contributed by atoms with E-state index in [-0.39, 0.29) is 4.90 Å². The predicted molar refractivity (Wildman–Crippen MR) is 80.9 cm³/mol. The van der Waals surface area contributed by atoms with Gasteiger partial charge in [-0.05, 0) is 40.2 Å². The van der Waals surface area contributed by atoms with Gasteiger partial charge < -0.3 is 5.73 Å². The molecule has 0 saturated carbocycles. The summed E-state index contributed by atoms with van der Waals surface area (Å²) in [5.41, 5.74) is 6.80. The van der Waals surface area contributed by atoms with E-state index in [0.29, 0.717) is 21.1 Å². The molecule has 1 heterocycles. The summed E-state index contributed by atoms with van der Waals surface area (Å²) in [6, 6.07) is 11.5. The van der Waals surface area contributed by atoms with Crippen LogP contribution in [-0.2, 0) is 10.0 Å².